The molecule has 0 spiro atoms. The summed E-state index contributed by atoms with van der Waals surface area (Å²) in [6.45, 7) is 2.77. The van der Waals surface area contributed by atoms with Crippen LogP contribution in [0, 0.1) is 17.8 Å². The van der Waals surface area contributed by atoms with E-state index in [-0.39, 0.29) is 53.6 Å². The molecule has 32 heavy (non-hydrogen) atoms. The molecule has 3 aliphatic carbocycles. The first kappa shape index (κ1) is 23.8. The van der Waals surface area contributed by atoms with Crippen molar-refractivity contribution in [2.24, 2.45) is 23.5 Å². The minimum absolute atomic E-state index is 0.00595. The largest absolute Gasteiger partial charge is 0.453 e. The molecule has 2 amide bonds. The number of piperazine rings is 1. The van der Waals surface area contributed by atoms with E-state index in [0.717, 1.165) is 44.9 Å². The minimum atomic E-state index is -3.09. The quantitative estimate of drug-likeness (QED) is 0.661. The Bertz CT molecular complexity index is 806. The van der Waals surface area contributed by atoms with Crippen molar-refractivity contribution in [2.75, 3.05) is 26.0 Å². The van der Waals surface area contributed by atoms with Crippen molar-refractivity contribution in [3.05, 3.63) is 0 Å². The van der Waals surface area contributed by atoms with Gasteiger partial charge in [-0.05, 0) is 76.5 Å². The van der Waals surface area contributed by atoms with E-state index in [9.17, 15) is 18.0 Å². The summed E-state index contributed by atoms with van der Waals surface area (Å²) in [7, 11) is -1.67. The molecule has 0 aromatic carbocycles. The number of nitrogens with zero attached hydrogens (tertiary/aromatic N) is 2. The highest BCUT2D eigenvalue weighted by molar-refractivity contribution is 7.92. The van der Waals surface area contributed by atoms with Crippen molar-refractivity contribution < 1.29 is 22.7 Å². The number of sulfone groups is 1. The number of methoxy groups -OCH3 is 1. The maximum Gasteiger partial charge on any atom is 0.410 e. The molecule has 2 N–H and O–H groups in total. The summed E-state index contributed by atoms with van der Waals surface area (Å²) in [5, 5.41) is -0.253. The third-order valence-corrected chi connectivity index (χ3v) is 10.7. The van der Waals surface area contributed by atoms with Gasteiger partial charge in [0, 0.05) is 19.0 Å². The third kappa shape index (κ3) is 4.65. The molecule has 182 valence electrons. The zero-order valence-corrected chi connectivity index (χ0v) is 20.3. The Kier molecular flexibility index (Phi) is 7.05. The second-order valence-corrected chi connectivity index (χ2v) is 12.8. The first-order chi connectivity index (χ1) is 15.3. The van der Waals surface area contributed by atoms with Gasteiger partial charge in [-0.1, -0.05) is 0 Å². The maximum atomic E-state index is 13.1. The Hall–Kier alpha value is -1.35. The molecular weight excluding hydrogens is 430 g/mol. The average molecular weight is 470 g/mol. The van der Waals surface area contributed by atoms with E-state index in [1.807, 2.05) is 11.8 Å². The second-order valence-electron chi connectivity index (χ2n) is 10.4. The van der Waals surface area contributed by atoms with Crippen LogP contribution in [0.4, 0.5) is 4.79 Å². The molecule has 1 heterocycles. The van der Waals surface area contributed by atoms with Crippen molar-refractivity contribution in [1.29, 1.82) is 0 Å². The normalized spacial score (nSPS) is 35.8. The summed E-state index contributed by atoms with van der Waals surface area (Å²) in [5.41, 5.74) is 5.49. The molecule has 4 rings (SSSR count). The van der Waals surface area contributed by atoms with Crippen molar-refractivity contribution in [3.63, 3.8) is 0 Å². The van der Waals surface area contributed by atoms with Gasteiger partial charge in [0.1, 0.15) is 0 Å². The van der Waals surface area contributed by atoms with E-state index in [0.29, 0.717) is 31.2 Å². The molecule has 1 aliphatic heterocycles. The van der Waals surface area contributed by atoms with Crippen LogP contribution in [0.2, 0.25) is 0 Å². The van der Waals surface area contributed by atoms with Crippen LogP contribution in [0.3, 0.4) is 0 Å². The Morgan fingerprint density at radius 2 is 1.62 bits per heavy atom. The third-order valence-electron chi connectivity index (χ3n) is 8.41. The van der Waals surface area contributed by atoms with Crippen LogP contribution in [0.5, 0.6) is 0 Å². The van der Waals surface area contributed by atoms with E-state index in [4.69, 9.17) is 10.5 Å². The first-order valence-corrected chi connectivity index (χ1v) is 14.1. The van der Waals surface area contributed by atoms with Gasteiger partial charge in [0.05, 0.1) is 36.2 Å². The lowest BCUT2D eigenvalue weighted by Gasteiger charge is -2.54. The Morgan fingerprint density at radius 1 is 0.969 bits per heavy atom. The topological polar surface area (TPSA) is 110 Å². The lowest BCUT2D eigenvalue weighted by Crippen LogP contribution is -2.67. The predicted octanol–water partition coefficient (Wildman–Crippen LogP) is 2.17. The highest BCUT2D eigenvalue weighted by Gasteiger charge is 2.50. The monoisotopic (exact) mass is 469 g/mol. The minimum Gasteiger partial charge on any atom is -0.453 e. The summed E-state index contributed by atoms with van der Waals surface area (Å²) in [5.74, 6) is 1.46. The van der Waals surface area contributed by atoms with Gasteiger partial charge in [0.2, 0.25) is 5.91 Å². The summed E-state index contributed by atoms with van der Waals surface area (Å²) in [6, 6.07) is -0.00610. The van der Waals surface area contributed by atoms with Crippen LogP contribution >= 0.6 is 0 Å². The summed E-state index contributed by atoms with van der Waals surface area (Å²) >= 11 is 0. The van der Waals surface area contributed by atoms with Crippen LogP contribution in [0.25, 0.3) is 0 Å². The van der Waals surface area contributed by atoms with Gasteiger partial charge in [-0.2, -0.15) is 0 Å². The number of hydrogen-bond donors (Lipinski definition) is 1. The fraction of sp³-hybridized carbons (Fsp3) is 0.913. The molecule has 3 unspecified atom stereocenters. The molecule has 0 aromatic rings. The van der Waals surface area contributed by atoms with Crippen molar-refractivity contribution in [3.8, 4) is 0 Å². The number of ether oxygens (including phenoxy) is 1. The van der Waals surface area contributed by atoms with Gasteiger partial charge < -0.3 is 15.4 Å². The van der Waals surface area contributed by atoms with Crippen molar-refractivity contribution in [1.82, 2.24) is 9.80 Å². The van der Waals surface area contributed by atoms with Gasteiger partial charge in [0.15, 0.2) is 9.84 Å². The van der Waals surface area contributed by atoms with Crippen LogP contribution in [-0.2, 0) is 19.4 Å². The van der Waals surface area contributed by atoms with Crippen LogP contribution in [-0.4, -0.2) is 79.5 Å². The van der Waals surface area contributed by atoms with Gasteiger partial charge >= 0.3 is 6.09 Å². The van der Waals surface area contributed by atoms with Crippen molar-refractivity contribution in [2.45, 2.75) is 88.1 Å². The molecule has 4 aliphatic rings. The van der Waals surface area contributed by atoms with E-state index in [1.54, 1.807) is 0 Å². The first-order valence-electron chi connectivity index (χ1n) is 12.3. The Morgan fingerprint density at radius 3 is 2.22 bits per heavy atom. The van der Waals surface area contributed by atoms with E-state index < -0.39 is 9.84 Å². The lowest BCUT2D eigenvalue weighted by atomic mass is 9.69. The SMILES string of the molecule is COC(=O)N1C2CCC(C3CCC(S(=O)(=O)CCN)CC3)CC2N(C(=O)C2CC2)C[C@@H]1C. The Balaban J connectivity index is 1.46. The molecule has 9 heteroatoms. The average Bonchev–Trinajstić information content (AvgIpc) is 3.63. The highest BCUT2D eigenvalue weighted by atomic mass is 32.2. The molecule has 8 nitrogen and oxygen atoms in total. The molecule has 0 radical (unpaired) electrons. The molecule has 4 fully saturated rings. The highest BCUT2D eigenvalue weighted by Crippen LogP contribution is 2.45. The second kappa shape index (κ2) is 9.49. The molecule has 0 aromatic heterocycles. The van der Waals surface area contributed by atoms with Crippen molar-refractivity contribution >= 4 is 21.8 Å². The number of fused-ring (bicyclic) bond motifs is 1. The van der Waals surface area contributed by atoms with Gasteiger partial charge in [-0.25, -0.2) is 13.2 Å². The summed E-state index contributed by atoms with van der Waals surface area (Å²) < 4.78 is 29.9. The molecule has 4 atom stereocenters. The lowest BCUT2D eigenvalue weighted by molar-refractivity contribution is -0.144. The molecular formula is C23H39N3O5S. The maximum absolute atomic E-state index is 13.1. The fourth-order valence-electron chi connectivity index (χ4n) is 6.57. The zero-order valence-electron chi connectivity index (χ0n) is 19.4. The van der Waals surface area contributed by atoms with E-state index >= 15 is 0 Å². The van der Waals surface area contributed by atoms with Crippen LogP contribution < -0.4 is 5.73 Å². The van der Waals surface area contributed by atoms with Gasteiger partial charge in [-0.15, -0.1) is 0 Å². The summed E-state index contributed by atoms with van der Waals surface area (Å²) in [6.07, 6.45) is 7.71. The number of rotatable bonds is 5. The molecule has 1 saturated heterocycles. The fourth-order valence-corrected chi connectivity index (χ4v) is 8.23. The number of carbonyl (C=O) groups excluding carboxylic acids is 2. The predicted molar refractivity (Wildman–Crippen MR) is 122 cm³/mol. The number of carbonyl (C=O) groups is 2. The van der Waals surface area contributed by atoms with Gasteiger partial charge in [0.25, 0.3) is 0 Å². The smallest absolute Gasteiger partial charge is 0.410 e. The van der Waals surface area contributed by atoms with Crippen LogP contribution in [0.1, 0.15) is 64.7 Å². The number of amides is 2. The van der Waals surface area contributed by atoms with E-state index in [2.05, 4.69) is 4.90 Å². The molecule has 0 bridgehead atoms. The Labute approximate surface area is 192 Å². The standard InChI is InChI=1S/C23H39N3O5S/c1-15-14-25(22(27)17-3-4-17)21-13-18(7-10-20(21)26(15)23(28)31-2)16-5-8-19(9-6-16)32(29,30)12-11-24/h15-21H,3-14,24H2,1-2H3/t15-,16?,18?,19?,20?,21?/m0/s1. The number of hydrogen-bond acceptors (Lipinski definition) is 6. The summed E-state index contributed by atoms with van der Waals surface area (Å²) in [4.78, 5) is 29.6. The van der Waals surface area contributed by atoms with E-state index in [1.165, 1.54) is 7.11 Å². The number of nitrogens with two attached hydrogens (primary N) is 1. The molecule has 3 saturated carbocycles. The van der Waals surface area contributed by atoms with Gasteiger partial charge in [-0.3, -0.25) is 9.69 Å². The van der Waals surface area contributed by atoms with Crippen LogP contribution in [0.15, 0.2) is 0 Å². The zero-order chi connectivity index (χ0) is 23.0.